The summed E-state index contributed by atoms with van der Waals surface area (Å²) in [7, 11) is 1.47. The topological polar surface area (TPSA) is 209 Å². The number of hydrogen-bond donors (Lipinski definition) is 5. The molecule has 1 spiro atoms. The number of carbonyl (C=O) groups is 3. The third kappa shape index (κ3) is 9.25. The van der Waals surface area contributed by atoms with E-state index in [1.807, 2.05) is 0 Å². The van der Waals surface area contributed by atoms with Crippen LogP contribution >= 0.6 is 0 Å². The monoisotopic (exact) mass is 874 g/mol. The second-order valence-corrected chi connectivity index (χ2v) is 18.2. The molecular formula is C48H66N4O11. The van der Waals surface area contributed by atoms with Gasteiger partial charge in [0.15, 0.2) is 5.75 Å². The molecular weight excluding hydrogens is 809 g/mol. The third-order valence-electron chi connectivity index (χ3n) is 13.6. The molecule has 0 aromatic heterocycles. The molecule has 0 radical (unpaired) electrons. The Morgan fingerprint density at radius 2 is 1.65 bits per heavy atom. The van der Waals surface area contributed by atoms with Crippen molar-refractivity contribution in [1.29, 1.82) is 0 Å². The van der Waals surface area contributed by atoms with Gasteiger partial charge in [0.25, 0.3) is 11.7 Å². The van der Waals surface area contributed by atoms with Crippen LogP contribution in [0.5, 0.6) is 17.2 Å². The normalized spacial score (nSPS) is 31.9. The van der Waals surface area contributed by atoms with E-state index in [-0.39, 0.29) is 49.7 Å². The van der Waals surface area contributed by atoms with E-state index in [4.69, 9.17) is 23.9 Å². The van der Waals surface area contributed by atoms with Gasteiger partial charge < -0.3 is 49.6 Å². The number of ether oxygens (including phenoxy) is 4. The molecule has 7 rings (SSSR count). The van der Waals surface area contributed by atoms with E-state index in [0.717, 1.165) is 38.9 Å². The van der Waals surface area contributed by atoms with Gasteiger partial charge in [-0.2, -0.15) is 0 Å². The second-order valence-electron chi connectivity index (χ2n) is 18.2. The van der Waals surface area contributed by atoms with Crippen molar-refractivity contribution >= 4 is 34.1 Å². The number of allylic oxidation sites excluding steroid dienone is 2. The van der Waals surface area contributed by atoms with Crippen LogP contribution in [0.3, 0.4) is 0 Å². The number of phenolic OH excluding ortho intramolecular Hbond substituents is 2. The number of amides is 1. The van der Waals surface area contributed by atoms with Gasteiger partial charge in [-0.1, -0.05) is 72.1 Å². The van der Waals surface area contributed by atoms with E-state index in [2.05, 4.69) is 22.1 Å². The molecule has 1 saturated heterocycles. The highest BCUT2D eigenvalue weighted by atomic mass is 16.7. The molecule has 5 aliphatic heterocycles. The summed E-state index contributed by atoms with van der Waals surface area (Å²) < 4.78 is 24.0. The van der Waals surface area contributed by atoms with Crippen molar-refractivity contribution in [3.05, 3.63) is 58.0 Å². The van der Waals surface area contributed by atoms with Crippen molar-refractivity contribution in [2.45, 2.75) is 137 Å². The summed E-state index contributed by atoms with van der Waals surface area (Å²) in [4.78, 5) is 53.1. The van der Waals surface area contributed by atoms with Gasteiger partial charge in [0.1, 0.15) is 34.0 Å². The van der Waals surface area contributed by atoms with Crippen LogP contribution in [0.1, 0.15) is 110 Å². The molecule has 5 bridgehead atoms. The van der Waals surface area contributed by atoms with Crippen LogP contribution in [0, 0.1) is 30.6 Å². The molecule has 1 fully saturated rings. The lowest BCUT2D eigenvalue weighted by molar-refractivity contribution is -0.160. The predicted octanol–water partition coefficient (Wildman–Crippen LogP) is 5.67. The van der Waals surface area contributed by atoms with Crippen LogP contribution in [-0.4, -0.2) is 106 Å². The van der Waals surface area contributed by atoms with Crippen LogP contribution in [0.2, 0.25) is 0 Å². The first kappa shape index (κ1) is 47.6. The van der Waals surface area contributed by atoms with Gasteiger partial charge in [0.05, 0.1) is 41.2 Å². The molecule has 5 aliphatic rings. The Morgan fingerprint density at radius 3 is 2.30 bits per heavy atom. The summed E-state index contributed by atoms with van der Waals surface area (Å²) in [6.07, 6.45) is 9.73. The number of aromatic hydroxyl groups is 2. The first-order chi connectivity index (χ1) is 29.8. The highest BCUT2D eigenvalue weighted by Crippen LogP contribution is 2.51. The van der Waals surface area contributed by atoms with E-state index < -0.39 is 82.9 Å². The number of piperidine rings is 1. The maximum Gasteiger partial charge on any atom is 0.312 e. The standard InChI is InChI=1S/C48H66N4O11/c1-11-12-13-14-21-52-22-19-48(20-23-52)50-36-33-34-41(56)30(7)44-35(33)45(58)47(9,63-44)61-24-18-32(60-10)27(4)43(62-31(8)53)29(6)40(55)28(5)39(54)25(2)16-15-17-26(3)46(59)49-38(42(34)57)37(36)51-48/h15-18,24-25,27-29,32,39-40,43,50,54-57H,11-14,19-23H2,1-10H3/b16-15+,24-18+,26-17-,49-38?/t25-,27+,28+,29+,32-,39-,40+,43+,47-/m0/s1. The average molecular weight is 875 g/mol. The van der Waals surface area contributed by atoms with Gasteiger partial charge >= 0.3 is 11.8 Å². The lowest BCUT2D eigenvalue weighted by Gasteiger charge is -2.38. The van der Waals surface area contributed by atoms with Crippen LogP contribution < -0.4 is 20.8 Å². The minimum absolute atomic E-state index is 0.0592. The van der Waals surface area contributed by atoms with Crippen LogP contribution in [-0.2, 0) is 23.8 Å². The van der Waals surface area contributed by atoms with E-state index in [9.17, 15) is 34.8 Å². The molecule has 0 aliphatic carbocycles. The summed E-state index contributed by atoms with van der Waals surface area (Å²) in [6.45, 7) is 17.5. The number of aliphatic hydroxyl groups excluding tert-OH is 2. The number of nitrogens with zero attached hydrogens (tertiary/aromatic N) is 3. The lowest BCUT2D eigenvalue weighted by atomic mass is 9.78. The summed E-state index contributed by atoms with van der Waals surface area (Å²) in [5.74, 6) is -7.00. The van der Waals surface area contributed by atoms with Crippen molar-refractivity contribution in [2.75, 3.05) is 32.1 Å². The largest absolute Gasteiger partial charge is 0.507 e. The van der Waals surface area contributed by atoms with Crippen molar-refractivity contribution in [2.24, 2.45) is 33.7 Å². The van der Waals surface area contributed by atoms with Crippen molar-refractivity contribution in [1.82, 2.24) is 4.90 Å². The van der Waals surface area contributed by atoms with Crippen LogP contribution in [0.25, 0.3) is 10.8 Å². The molecule has 15 nitrogen and oxygen atoms in total. The number of benzene rings is 2. The van der Waals surface area contributed by atoms with Crippen molar-refractivity contribution < 1.29 is 53.8 Å². The summed E-state index contributed by atoms with van der Waals surface area (Å²) in [5, 5.41) is 50.7. The molecule has 1 amide bonds. The fourth-order valence-electron chi connectivity index (χ4n) is 9.53. The van der Waals surface area contributed by atoms with Gasteiger partial charge in [0.2, 0.25) is 0 Å². The summed E-state index contributed by atoms with van der Waals surface area (Å²) >= 11 is 0. The minimum atomic E-state index is -1.95. The average Bonchev–Trinajstić information content (AvgIpc) is 3.75. The zero-order valence-electron chi connectivity index (χ0n) is 38.4. The minimum Gasteiger partial charge on any atom is -0.507 e. The molecule has 0 unspecified atom stereocenters. The van der Waals surface area contributed by atoms with E-state index >= 15 is 0 Å². The maximum atomic E-state index is 14.8. The number of unbranched alkanes of at least 4 members (excludes halogenated alkanes) is 3. The first-order valence-electron chi connectivity index (χ1n) is 22.4. The number of nitrogens with one attached hydrogen (secondary N) is 1. The number of rotatable bonds is 7. The molecule has 9 atom stereocenters. The molecule has 15 heteroatoms. The highest BCUT2D eigenvalue weighted by Gasteiger charge is 2.51. The zero-order chi connectivity index (χ0) is 46.1. The Balaban J connectivity index is 1.52. The SMILES string of the molecule is CCCCCCN1CCC2(CC1)N=c1c(c3c4c5c(C)c(O)c3c(O)c1=NC(=O)/C(C)=C\C=C\[C@H](C)[C@H](O)[C@@H](C)[C@@H](O)[C@@H](C)[C@H](OC(C)=O)[C@H](C)[C@@H](OC)/C=C/O[C@@](C)(O5)C4=O)N2. The number of carbonyl (C=O) groups excluding carboxylic acids is 3. The summed E-state index contributed by atoms with van der Waals surface area (Å²) in [6, 6.07) is 0. The molecule has 0 saturated carbocycles. The lowest BCUT2D eigenvalue weighted by Crippen LogP contribution is -2.47. The molecule has 63 heavy (non-hydrogen) atoms. The third-order valence-corrected chi connectivity index (χ3v) is 13.6. The quantitative estimate of drug-likeness (QED) is 0.129. The zero-order valence-corrected chi connectivity index (χ0v) is 38.4. The fraction of sp³-hybridized carbons (Fsp3) is 0.604. The Kier molecular flexibility index (Phi) is 14.4. The highest BCUT2D eigenvalue weighted by molar-refractivity contribution is 6.21. The Labute approximate surface area is 369 Å². The maximum absolute atomic E-state index is 14.8. The Bertz CT molecular complexity index is 2320. The molecule has 2 aromatic carbocycles. The predicted molar refractivity (Wildman–Crippen MR) is 237 cm³/mol. The molecule has 344 valence electrons. The number of esters is 1. The number of anilines is 1. The van der Waals surface area contributed by atoms with E-state index in [0.29, 0.717) is 18.5 Å². The fourth-order valence-corrected chi connectivity index (χ4v) is 9.53. The molecule has 5 N–H and O–H groups in total. The molecule has 2 aromatic rings. The summed E-state index contributed by atoms with van der Waals surface area (Å²) in [5.41, 5.74) is -0.0826. The first-order valence-corrected chi connectivity index (χ1v) is 22.4. The van der Waals surface area contributed by atoms with Gasteiger partial charge in [-0.3, -0.25) is 19.4 Å². The number of Topliss-reactive ketones (excluding diaryl/α,β-unsaturated/α-hetero) is 1. The number of aliphatic hydroxyl groups is 2. The number of likely N-dealkylation sites (tertiary alicyclic amines) is 1. The van der Waals surface area contributed by atoms with Crippen LogP contribution in [0.4, 0.5) is 5.69 Å². The van der Waals surface area contributed by atoms with Gasteiger partial charge in [-0.25, -0.2) is 4.99 Å². The van der Waals surface area contributed by atoms with Gasteiger partial charge in [-0.05, 0) is 32.9 Å². The number of hydrogen-bond acceptors (Lipinski definition) is 14. The number of phenols is 2. The smallest absolute Gasteiger partial charge is 0.312 e. The van der Waals surface area contributed by atoms with Crippen LogP contribution in [0.15, 0.2) is 46.1 Å². The van der Waals surface area contributed by atoms with Gasteiger partial charge in [0, 0.05) is 87.1 Å². The van der Waals surface area contributed by atoms with Crippen molar-refractivity contribution in [3.8, 4) is 17.2 Å². The Morgan fingerprint density at radius 1 is 0.952 bits per heavy atom. The van der Waals surface area contributed by atoms with E-state index in [1.54, 1.807) is 65.8 Å². The number of methoxy groups -OCH3 is 1. The van der Waals surface area contributed by atoms with Gasteiger partial charge in [-0.15, -0.1) is 0 Å². The second kappa shape index (κ2) is 19.1. The number of ketones is 1. The van der Waals surface area contributed by atoms with Crippen molar-refractivity contribution in [3.63, 3.8) is 0 Å². The van der Waals surface area contributed by atoms with E-state index in [1.165, 1.54) is 33.6 Å². The number of fused-ring (bicyclic) bond motifs is 13. The molecule has 5 heterocycles. The Hall–Kier alpha value is -4.83.